The second kappa shape index (κ2) is 3.66. The van der Waals surface area contributed by atoms with Crippen LogP contribution >= 0.6 is 0 Å². The van der Waals surface area contributed by atoms with Crippen molar-refractivity contribution in [2.45, 2.75) is 31.7 Å². The van der Waals surface area contributed by atoms with Crippen molar-refractivity contribution in [2.24, 2.45) is 0 Å². The van der Waals surface area contributed by atoms with Gasteiger partial charge in [-0.3, -0.25) is 0 Å². The number of aromatic nitrogens is 3. The molecule has 2 heterocycles. The van der Waals surface area contributed by atoms with Crippen LogP contribution in [0.5, 0.6) is 0 Å². The van der Waals surface area contributed by atoms with Crippen LogP contribution in [0.2, 0.25) is 0 Å². The van der Waals surface area contributed by atoms with E-state index < -0.39 is 0 Å². The van der Waals surface area contributed by atoms with Gasteiger partial charge in [-0.2, -0.15) is 4.98 Å². The molecule has 0 aromatic carbocycles. The first-order chi connectivity index (χ1) is 7.81. The van der Waals surface area contributed by atoms with Crippen molar-refractivity contribution in [2.75, 3.05) is 11.1 Å². The summed E-state index contributed by atoms with van der Waals surface area (Å²) < 4.78 is 1.71. The molecule has 0 radical (unpaired) electrons. The summed E-state index contributed by atoms with van der Waals surface area (Å²) >= 11 is 0. The Kier molecular flexibility index (Phi) is 2.16. The van der Waals surface area contributed by atoms with Gasteiger partial charge in [-0.1, -0.05) is 12.8 Å². The quantitative estimate of drug-likeness (QED) is 0.802. The standard InChI is InChI=1S/C11H15N5/c12-11-14-10-6-5-9(7-16(10)15-11)13-8-3-1-2-4-8/h5-8,13H,1-4H2,(H2,12,15). The highest BCUT2D eigenvalue weighted by Crippen LogP contribution is 2.22. The summed E-state index contributed by atoms with van der Waals surface area (Å²) in [7, 11) is 0. The minimum atomic E-state index is 0.318. The van der Waals surface area contributed by atoms with Crippen LogP contribution in [0.25, 0.3) is 5.65 Å². The van der Waals surface area contributed by atoms with Crippen molar-refractivity contribution in [3.63, 3.8) is 0 Å². The summed E-state index contributed by atoms with van der Waals surface area (Å²) in [5.41, 5.74) is 7.41. The van der Waals surface area contributed by atoms with Crippen molar-refractivity contribution >= 4 is 17.3 Å². The Morgan fingerprint density at radius 1 is 1.31 bits per heavy atom. The molecule has 3 N–H and O–H groups in total. The molecule has 1 saturated carbocycles. The average molecular weight is 217 g/mol. The van der Waals surface area contributed by atoms with E-state index in [2.05, 4.69) is 15.4 Å². The van der Waals surface area contributed by atoms with Gasteiger partial charge < -0.3 is 11.1 Å². The van der Waals surface area contributed by atoms with Gasteiger partial charge in [-0.15, -0.1) is 5.10 Å². The van der Waals surface area contributed by atoms with Crippen LogP contribution in [0.15, 0.2) is 18.3 Å². The third kappa shape index (κ3) is 1.68. The molecule has 0 amide bonds. The molecule has 2 aromatic rings. The minimum Gasteiger partial charge on any atom is -0.381 e. The van der Waals surface area contributed by atoms with E-state index in [1.54, 1.807) is 4.52 Å². The number of fused-ring (bicyclic) bond motifs is 1. The number of nitrogen functional groups attached to an aromatic ring is 1. The molecule has 84 valence electrons. The summed E-state index contributed by atoms with van der Waals surface area (Å²) in [5, 5.41) is 7.60. The number of pyridine rings is 1. The molecular formula is C11H15N5. The monoisotopic (exact) mass is 217 g/mol. The molecule has 5 heteroatoms. The number of nitrogens with zero attached hydrogens (tertiary/aromatic N) is 3. The molecule has 0 unspecified atom stereocenters. The van der Waals surface area contributed by atoms with Gasteiger partial charge in [0.05, 0.1) is 11.9 Å². The van der Waals surface area contributed by atoms with Crippen molar-refractivity contribution in [3.05, 3.63) is 18.3 Å². The Labute approximate surface area is 93.7 Å². The van der Waals surface area contributed by atoms with E-state index in [1.165, 1.54) is 25.7 Å². The van der Waals surface area contributed by atoms with Crippen LogP contribution in [-0.2, 0) is 0 Å². The molecule has 5 nitrogen and oxygen atoms in total. The van der Waals surface area contributed by atoms with Crippen LogP contribution in [-0.4, -0.2) is 20.6 Å². The lowest BCUT2D eigenvalue weighted by Gasteiger charge is -2.12. The van der Waals surface area contributed by atoms with Crippen molar-refractivity contribution in [1.82, 2.24) is 14.6 Å². The number of anilines is 2. The number of nitrogens with one attached hydrogen (secondary N) is 1. The Morgan fingerprint density at radius 2 is 2.12 bits per heavy atom. The van der Waals surface area contributed by atoms with E-state index in [4.69, 9.17) is 5.73 Å². The lowest BCUT2D eigenvalue weighted by molar-refractivity contribution is 0.753. The fourth-order valence-electron chi connectivity index (χ4n) is 2.29. The van der Waals surface area contributed by atoms with E-state index in [9.17, 15) is 0 Å². The van der Waals surface area contributed by atoms with E-state index in [0.29, 0.717) is 12.0 Å². The third-order valence-electron chi connectivity index (χ3n) is 3.07. The Morgan fingerprint density at radius 3 is 2.94 bits per heavy atom. The van der Waals surface area contributed by atoms with Crippen LogP contribution in [0.1, 0.15) is 25.7 Å². The SMILES string of the molecule is Nc1nc2ccc(NC3CCCC3)cn2n1. The smallest absolute Gasteiger partial charge is 0.240 e. The molecule has 3 rings (SSSR count). The van der Waals surface area contributed by atoms with E-state index in [1.807, 2.05) is 18.3 Å². The lowest BCUT2D eigenvalue weighted by Crippen LogP contribution is -2.14. The van der Waals surface area contributed by atoms with Crippen molar-refractivity contribution in [1.29, 1.82) is 0 Å². The van der Waals surface area contributed by atoms with Gasteiger partial charge in [0.15, 0.2) is 5.65 Å². The Bertz CT molecular complexity index is 498. The number of hydrogen-bond acceptors (Lipinski definition) is 4. The second-order valence-corrected chi connectivity index (χ2v) is 4.32. The van der Waals surface area contributed by atoms with E-state index >= 15 is 0 Å². The highest BCUT2D eigenvalue weighted by molar-refractivity contribution is 5.51. The first-order valence-electron chi connectivity index (χ1n) is 5.70. The molecule has 1 aliphatic carbocycles. The predicted molar refractivity (Wildman–Crippen MR) is 63.3 cm³/mol. The zero-order valence-electron chi connectivity index (χ0n) is 9.06. The molecule has 2 aromatic heterocycles. The summed E-state index contributed by atoms with van der Waals surface area (Å²) in [5.74, 6) is 0.318. The minimum absolute atomic E-state index is 0.318. The highest BCUT2D eigenvalue weighted by Gasteiger charge is 2.14. The molecule has 0 bridgehead atoms. The van der Waals surface area contributed by atoms with Crippen LogP contribution < -0.4 is 11.1 Å². The second-order valence-electron chi connectivity index (χ2n) is 4.32. The fourth-order valence-corrected chi connectivity index (χ4v) is 2.29. The van der Waals surface area contributed by atoms with Gasteiger partial charge in [0.1, 0.15) is 0 Å². The van der Waals surface area contributed by atoms with Crippen LogP contribution in [0, 0.1) is 0 Å². The fraction of sp³-hybridized carbons (Fsp3) is 0.455. The van der Waals surface area contributed by atoms with Crippen LogP contribution in [0.3, 0.4) is 0 Å². The zero-order chi connectivity index (χ0) is 11.0. The molecule has 1 aliphatic rings. The van der Waals surface area contributed by atoms with Gasteiger partial charge in [0.2, 0.25) is 5.95 Å². The lowest BCUT2D eigenvalue weighted by atomic mass is 10.2. The zero-order valence-corrected chi connectivity index (χ0v) is 9.06. The van der Waals surface area contributed by atoms with Crippen molar-refractivity contribution < 1.29 is 0 Å². The number of rotatable bonds is 2. The maximum atomic E-state index is 5.54. The normalized spacial score (nSPS) is 17.0. The Hall–Kier alpha value is -1.78. The summed E-state index contributed by atoms with van der Waals surface area (Å²) in [6.07, 6.45) is 7.12. The molecular weight excluding hydrogens is 202 g/mol. The first-order valence-corrected chi connectivity index (χ1v) is 5.70. The number of nitrogens with two attached hydrogens (primary N) is 1. The number of hydrogen-bond donors (Lipinski definition) is 2. The molecule has 16 heavy (non-hydrogen) atoms. The summed E-state index contributed by atoms with van der Waals surface area (Å²) in [6.45, 7) is 0. The van der Waals surface area contributed by atoms with Gasteiger partial charge in [-0.05, 0) is 25.0 Å². The van der Waals surface area contributed by atoms with Crippen LogP contribution in [0.4, 0.5) is 11.6 Å². The van der Waals surface area contributed by atoms with Gasteiger partial charge in [0, 0.05) is 6.04 Å². The summed E-state index contributed by atoms with van der Waals surface area (Å²) in [4.78, 5) is 4.09. The van der Waals surface area contributed by atoms with Gasteiger partial charge >= 0.3 is 0 Å². The largest absolute Gasteiger partial charge is 0.381 e. The maximum absolute atomic E-state index is 5.54. The first kappa shape index (κ1) is 9.45. The average Bonchev–Trinajstić information content (AvgIpc) is 2.85. The van der Waals surface area contributed by atoms with E-state index in [0.717, 1.165) is 11.3 Å². The highest BCUT2D eigenvalue weighted by atomic mass is 15.3. The summed E-state index contributed by atoms with van der Waals surface area (Å²) in [6, 6.07) is 4.57. The predicted octanol–water partition coefficient (Wildman–Crippen LogP) is 1.67. The van der Waals surface area contributed by atoms with Gasteiger partial charge in [0.25, 0.3) is 0 Å². The van der Waals surface area contributed by atoms with Gasteiger partial charge in [-0.25, -0.2) is 4.52 Å². The van der Waals surface area contributed by atoms with E-state index in [-0.39, 0.29) is 0 Å². The maximum Gasteiger partial charge on any atom is 0.240 e. The third-order valence-corrected chi connectivity index (χ3v) is 3.07. The Balaban J connectivity index is 1.86. The van der Waals surface area contributed by atoms with Crippen molar-refractivity contribution in [3.8, 4) is 0 Å². The molecule has 0 atom stereocenters. The molecule has 0 saturated heterocycles. The topological polar surface area (TPSA) is 68.2 Å². The molecule has 0 spiro atoms. The molecule has 0 aliphatic heterocycles. The molecule has 1 fully saturated rings.